The Morgan fingerprint density at radius 2 is 2.12 bits per heavy atom. The monoisotopic (exact) mass is 336 g/mol. The summed E-state index contributed by atoms with van der Waals surface area (Å²) in [6.45, 7) is 8.55. The minimum Gasteiger partial charge on any atom is -0.424 e. The SMILES string of the molecule is COCCN1CCCC2(CCN(Cc3nnc(C(C)C)o3)C2)C1=O. The molecule has 24 heavy (non-hydrogen) atoms. The molecule has 1 spiro atoms. The summed E-state index contributed by atoms with van der Waals surface area (Å²) in [5.41, 5.74) is -0.229. The van der Waals surface area contributed by atoms with Gasteiger partial charge >= 0.3 is 0 Å². The van der Waals surface area contributed by atoms with Crippen LogP contribution in [0, 0.1) is 5.41 Å². The molecule has 7 nitrogen and oxygen atoms in total. The summed E-state index contributed by atoms with van der Waals surface area (Å²) >= 11 is 0. The highest BCUT2D eigenvalue weighted by molar-refractivity contribution is 5.84. The van der Waals surface area contributed by atoms with E-state index in [1.807, 2.05) is 18.7 Å². The van der Waals surface area contributed by atoms with Crippen LogP contribution in [0.2, 0.25) is 0 Å². The van der Waals surface area contributed by atoms with Crippen LogP contribution in [0.15, 0.2) is 4.42 Å². The van der Waals surface area contributed by atoms with Gasteiger partial charge in [0.05, 0.1) is 18.6 Å². The van der Waals surface area contributed by atoms with Gasteiger partial charge in [-0.3, -0.25) is 9.69 Å². The van der Waals surface area contributed by atoms with Crippen molar-refractivity contribution in [1.29, 1.82) is 0 Å². The first kappa shape index (κ1) is 17.4. The number of likely N-dealkylation sites (tertiary alicyclic amines) is 2. The van der Waals surface area contributed by atoms with Crippen LogP contribution in [0.25, 0.3) is 0 Å². The first-order chi connectivity index (χ1) is 11.5. The lowest BCUT2D eigenvalue weighted by Gasteiger charge is -2.39. The molecule has 2 fully saturated rings. The van der Waals surface area contributed by atoms with Gasteiger partial charge in [-0.15, -0.1) is 10.2 Å². The van der Waals surface area contributed by atoms with Crippen molar-refractivity contribution < 1.29 is 13.9 Å². The summed E-state index contributed by atoms with van der Waals surface area (Å²) in [7, 11) is 1.68. The molecule has 0 aromatic carbocycles. The lowest BCUT2D eigenvalue weighted by Crippen LogP contribution is -2.50. The Kier molecular flexibility index (Phi) is 5.20. The van der Waals surface area contributed by atoms with Crippen molar-refractivity contribution in [1.82, 2.24) is 20.0 Å². The largest absolute Gasteiger partial charge is 0.424 e. The van der Waals surface area contributed by atoms with Gasteiger partial charge in [0, 0.05) is 32.7 Å². The smallest absolute Gasteiger partial charge is 0.230 e. The number of piperidine rings is 1. The van der Waals surface area contributed by atoms with Crippen LogP contribution in [0.5, 0.6) is 0 Å². The molecule has 7 heteroatoms. The fourth-order valence-electron chi connectivity index (χ4n) is 3.79. The summed E-state index contributed by atoms with van der Waals surface area (Å²) in [5.74, 6) is 1.86. The average molecular weight is 336 g/mol. The zero-order chi connectivity index (χ0) is 17.2. The van der Waals surface area contributed by atoms with E-state index in [1.165, 1.54) is 0 Å². The number of hydrogen-bond acceptors (Lipinski definition) is 6. The van der Waals surface area contributed by atoms with E-state index in [-0.39, 0.29) is 11.3 Å². The fourth-order valence-corrected chi connectivity index (χ4v) is 3.79. The molecule has 1 amide bonds. The molecule has 2 aliphatic heterocycles. The van der Waals surface area contributed by atoms with Gasteiger partial charge in [0.15, 0.2) is 0 Å². The average Bonchev–Trinajstić information content (AvgIpc) is 3.18. The zero-order valence-corrected chi connectivity index (χ0v) is 15.0. The van der Waals surface area contributed by atoms with Crippen LogP contribution < -0.4 is 0 Å². The summed E-state index contributed by atoms with van der Waals surface area (Å²) in [6.07, 6.45) is 2.97. The third-order valence-corrected chi connectivity index (χ3v) is 5.16. The molecule has 0 saturated carbocycles. The molecule has 0 radical (unpaired) electrons. The lowest BCUT2D eigenvalue weighted by molar-refractivity contribution is -0.146. The first-order valence-electron chi connectivity index (χ1n) is 8.87. The Labute approximate surface area is 143 Å². The van der Waals surface area contributed by atoms with Crippen molar-refractivity contribution >= 4 is 5.91 Å². The van der Waals surface area contributed by atoms with Crippen LogP contribution in [-0.2, 0) is 16.1 Å². The summed E-state index contributed by atoms with van der Waals surface area (Å²) in [5, 5.41) is 8.23. The molecule has 134 valence electrons. The number of rotatable bonds is 6. The van der Waals surface area contributed by atoms with Gasteiger partial charge in [-0.25, -0.2) is 0 Å². The van der Waals surface area contributed by atoms with Gasteiger partial charge in [0.25, 0.3) is 0 Å². The van der Waals surface area contributed by atoms with Crippen molar-refractivity contribution in [2.75, 3.05) is 39.9 Å². The van der Waals surface area contributed by atoms with Gasteiger partial charge in [-0.1, -0.05) is 13.8 Å². The summed E-state index contributed by atoms with van der Waals surface area (Å²) in [4.78, 5) is 17.2. The minimum atomic E-state index is -0.229. The third-order valence-electron chi connectivity index (χ3n) is 5.16. The molecule has 2 saturated heterocycles. The van der Waals surface area contributed by atoms with Gasteiger partial charge < -0.3 is 14.1 Å². The van der Waals surface area contributed by atoms with Gasteiger partial charge in [-0.2, -0.15) is 0 Å². The molecule has 3 heterocycles. The Morgan fingerprint density at radius 3 is 2.83 bits per heavy atom. The number of methoxy groups -OCH3 is 1. The van der Waals surface area contributed by atoms with E-state index in [0.717, 1.165) is 38.9 Å². The quantitative estimate of drug-likeness (QED) is 0.787. The topological polar surface area (TPSA) is 71.7 Å². The second-order valence-electron chi connectivity index (χ2n) is 7.32. The van der Waals surface area contributed by atoms with Crippen LogP contribution in [0.1, 0.15) is 50.8 Å². The Bertz CT molecular complexity index is 574. The first-order valence-corrected chi connectivity index (χ1v) is 8.87. The number of carbonyl (C=O) groups is 1. The Morgan fingerprint density at radius 1 is 1.29 bits per heavy atom. The van der Waals surface area contributed by atoms with E-state index in [2.05, 4.69) is 15.1 Å². The molecule has 2 aliphatic rings. The van der Waals surface area contributed by atoms with E-state index in [9.17, 15) is 4.79 Å². The van der Waals surface area contributed by atoms with Gasteiger partial charge in [-0.05, 0) is 25.8 Å². The molecular formula is C17H28N4O3. The van der Waals surface area contributed by atoms with Crippen LogP contribution >= 0.6 is 0 Å². The van der Waals surface area contributed by atoms with Crippen LogP contribution in [0.4, 0.5) is 0 Å². The van der Waals surface area contributed by atoms with E-state index >= 15 is 0 Å². The van der Waals surface area contributed by atoms with Crippen LogP contribution in [0.3, 0.4) is 0 Å². The number of carbonyl (C=O) groups excluding carboxylic acids is 1. The molecule has 1 atom stereocenters. The number of ether oxygens (including phenoxy) is 1. The van der Waals surface area contributed by atoms with E-state index in [0.29, 0.717) is 37.4 Å². The molecule has 3 rings (SSSR count). The molecule has 1 aromatic heterocycles. The van der Waals surface area contributed by atoms with Crippen molar-refractivity contribution in [3.8, 4) is 0 Å². The van der Waals surface area contributed by atoms with E-state index in [4.69, 9.17) is 9.15 Å². The van der Waals surface area contributed by atoms with Gasteiger partial charge in [0.1, 0.15) is 0 Å². The minimum absolute atomic E-state index is 0.229. The highest BCUT2D eigenvalue weighted by Crippen LogP contribution is 2.40. The summed E-state index contributed by atoms with van der Waals surface area (Å²) in [6, 6.07) is 0. The number of amides is 1. The maximum atomic E-state index is 12.9. The Hall–Kier alpha value is -1.47. The predicted octanol–water partition coefficient (Wildman–Crippen LogP) is 1.65. The highest BCUT2D eigenvalue weighted by atomic mass is 16.5. The second kappa shape index (κ2) is 7.19. The molecule has 0 aliphatic carbocycles. The number of aromatic nitrogens is 2. The number of nitrogens with zero attached hydrogens (tertiary/aromatic N) is 4. The standard InChI is InChI=1S/C17H28N4O3/c1-13(2)15-19-18-14(24-15)11-20-8-6-17(12-20)5-4-7-21(16(17)22)9-10-23-3/h13H,4-12H2,1-3H3. The number of hydrogen-bond donors (Lipinski definition) is 0. The third kappa shape index (κ3) is 3.47. The molecule has 1 unspecified atom stereocenters. The predicted molar refractivity (Wildman–Crippen MR) is 88.4 cm³/mol. The zero-order valence-electron chi connectivity index (χ0n) is 15.0. The fraction of sp³-hybridized carbons (Fsp3) is 0.824. The lowest BCUT2D eigenvalue weighted by atomic mass is 9.78. The van der Waals surface area contributed by atoms with E-state index in [1.54, 1.807) is 7.11 Å². The Balaban J connectivity index is 1.61. The van der Waals surface area contributed by atoms with E-state index < -0.39 is 0 Å². The summed E-state index contributed by atoms with van der Waals surface area (Å²) < 4.78 is 10.8. The molecule has 1 aromatic rings. The van der Waals surface area contributed by atoms with Crippen molar-refractivity contribution in [3.05, 3.63) is 11.8 Å². The van der Waals surface area contributed by atoms with Crippen molar-refractivity contribution in [3.63, 3.8) is 0 Å². The van der Waals surface area contributed by atoms with Crippen LogP contribution in [-0.4, -0.2) is 65.8 Å². The normalized spacial score (nSPS) is 25.3. The maximum absolute atomic E-state index is 12.9. The molecule has 0 N–H and O–H groups in total. The maximum Gasteiger partial charge on any atom is 0.230 e. The second-order valence-corrected chi connectivity index (χ2v) is 7.32. The highest BCUT2D eigenvalue weighted by Gasteiger charge is 2.48. The molecular weight excluding hydrogens is 308 g/mol. The van der Waals surface area contributed by atoms with Crippen molar-refractivity contribution in [2.45, 2.75) is 45.6 Å². The van der Waals surface area contributed by atoms with Gasteiger partial charge in [0.2, 0.25) is 17.7 Å². The molecule has 0 bridgehead atoms. The van der Waals surface area contributed by atoms with Crippen molar-refractivity contribution in [2.24, 2.45) is 5.41 Å².